The first-order chi connectivity index (χ1) is 6.86. The molecule has 0 spiro atoms. The molecule has 82 valence electrons. The van der Waals surface area contributed by atoms with E-state index in [1.807, 2.05) is 5.32 Å². The fourth-order valence-corrected chi connectivity index (χ4v) is 1.87. The van der Waals surface area contributed by atoms with E-state index in [1.165, 1.54) is 6.07 Å². The zero-order chi connectivity index (χ0) is 11.6. The molecule has 0 bridgehead atoms. The summed E-state index contributed by atoms with van der Waals surface area (Å²) < 4.78 is 37.7. The fraction of sp³-hybridized carbons (Fsp3) is 0.125. The van der Waals surface area contributed by atoms with Crippen molar-refractivity contribution in [1.82, 2.24) is 0 Å². The Morgan fingerprint density at radius 3 is 2.47 bits per heavy atom. The van der Waals surface area contributed by atoms with Gasteiger partial charge in [-0.15, -0.1) is 0 Å². The van der Waals surface area contributed by atoms with E-state index in [4.69, 9.17) is 11.6 Å². The molecule has 1 N–H and O–H groups in total. The van der Waals surface area contributed by atoms with Gasteiger partial charge in [-0.25, -0.2) is 0 Å². The number of alkyl halides is 3. The van der Waals surface area contributed by atoms with Gasteiger partial charge in [-0.05, 0) is 12.1 Å². The monoisotopic (exact) mass is 301 g/mol. The van der Waals surface area contributed by atoms with Gasteiger partial charge in [0.15, 0.2) is 0 Å². The van der Waals surface area contributed by atoms with Crippen LogP contribution in [0.25, 0.3) is 0 Å². The van der Waals surface area contributed by atoms with Gasteiger partial charge in [-0.2, -0.15) is 13.2 Å². The Morgan fingerprint density at radius 1 is 1.40 bits per heavy atom. The van der Waals surface area contributed by atoms with Crippen LogP contribution in [0, 0.1) is 0 Å². The van der Waals surface area contributed by atoms with Crippen LogP contribution in [0.2, 0.25) is 5.02 Å². The zero-order valence-corrected chi connectivity index (χ0v) is 9.37. The summed E-state index contributed by atoms with van der Waals surface area (Å²) in [4.78, 5) is 10.1. The second kappa shape index (κ2) is 4.40. The van der Waals surface area contributed by atoms with E-state index < -0.39 is 17.4 Å². The first kappa shape index (κ1) is 12.3. The third-order valence-corrected chi connectivity index (χ3v) is 2.32. The van der Waals surface area contributed by atoms with Crippen molar-refractivity contribution in [2.45, 2.75) is 6.18 Å². The maximum atomic E-state index is 12.5. The summed E-state index contributed by atoms with van der Waals surface area (Å²) in [6, 6.07) is 2.11. The van der Waals surface area contributed by atoms with Crippen molar-refractivity contribution in [3.05, 3.63) is 27.2 Å². The molecule has 2 nitrogen and oxygen atoms in total. The van der Waals surface area contributed by atoms with Crippen LogP contribution in [0.3, 0.4) is 0 Å². The largest absolute Gasteiger partial charge is 0.418 e. The highest BCUT2D eigenvalue weighted by Gasteiger charge is 2.34. The second-order valence-electron chi connectivity index (χ2n) is 2.57. The zero-order valence-electron chi connectivity index (χ0n) is 7.03. The minimum Gasteiger partial charge on any atom is -0.327 e. The van der Waals surface area contributed by atoms with Gasteiger partial charge in [0, 0.05) is 4.47 Å². The first-order valence-corrected chi connectivity index (χ1v) is 4.79. The van der Waals surface area contributed by atoms with Crippen LogP contribution >= 0.6 is 27.5 Å². The summed E-state index contributed by atoms with van der Waals surface area (Å²) >= 11 is 8.46. The van der Waals surface area contributed by atoms with Crippen molar-refractivity contribution in [2.24, 2.45) is 0 Å². The molecule has 0 aromatic heterocycles. The summed E-state index contributed by atoms with van der Waals surface area (Å²) in [5.74, 6) is 0. The molecular formula is C8H4BrClF3NO. The number of amides is 1. The number of benzene rings is 1. The lowest BCUT2D eigenvalue weighted by Gasteiger charge is -2.13. The first-order valence-electron chi connectivity index (χ1n) is 3.62. The van der Waals surface area contributed by atoms with Gasteiger partial charge in [-0.1, -0.05) is 27.5 Å². The van der Waals surface area contributed by atoms with Crippen molar-refractivity contribution in [3.63, 3.8) is 0 Å². The number of anilines is 1. The minimum absolute atomic E-state index is 0.143. The average Bonchev–Trinajstić information content (AvgIpc) is 2.07. The lowest BCUT2D eigenvalue weighted by molar-refractivity contribution is -0.137. The predicted octanol–water partition coefficient (Wildman–Crippen LogP) is 3.69. The molecule has 7 heteroatoms. The summed E-state index contributed by atoms with van der Waals surface area (Å²) in [6.07, 6.45) is -4.43. The summed E-state index contributed by atoms with van der Waals surface area (Å²) in [6.45, 7) is 0. The molecule has 1 rings (SSSR count). The smallest absolute Gasteiger partial charge is 0.327 e. The van der Waals surface area contributed by atoms with Gasteiger partial charge in [0.1, 0.15) is 0 Å². The molecule has 0 aliphatic carbocycles. The Morgan fingerprint density at radius 2 is 2.00 bits per heavy atom. The van der Waals surface area contributed by atoms with Gasteiger partial charge in [0.2, 0.25) is 6.41 Å². The van der Waals surface area contributed by atoms with Crippen molar-refractivity contribution in [2.75, 3.05) is 5.32 Å². The molecule has 0 saturated carbocycles. The van der Waals surface area contributed by atoms with E-state index in [9.17, 15) is 18.0 Å². The quantitative estimate of drug-likeness (QED) is 0.829. The van der Waals surface area contributed by atoms with Crippen LogP contribution in [-0.4, -0.2) is 6.41 Å². The third kappa shape index (κ3) is 2.85. The topological polar surface area (TPSA) is 29.1 Å². The maximum Gasteiger partial charge on any atom is 0.418 e. The van der Waals surface area contributed by atoms with Crippen LogP contribution in [0.1, 0.15) is 5.56 Å². The Hall–Kier alpha value is -0.750. The number of hydrogen-bond acceptors (Lipinski definition) is 1. The van der Waals surface area contributed by atoms with E-state index in [0.717, 1.165) is 6.07 Å². The lowest BCUT2D eigenvalue weighted by atomic mass is 10.1. The van der Waals surface area contributed by atoms with E-state index in [-0.39, 0.29) is 15.9 Å². The molecular weight excluding hydrogens is 298 g/mol. The van der Waals surface area contributed by atoms with Crippen molar-refractivity contribution >= 4 is 39.6 Å². The lowest BCUT2D eigenvalue weighted by Crippen LogP contribution is -2.10. The minimum atomic E-state index is -4.57. The van der Waals surface area contributed by atoms with Gasteiger partial charge >= 0.3 is 6.18 Å². The number of carbonyl (C=O) groups is 1. The Labute approximate surface area is 96.5 Å². The Bertz CT molecular complexity index is 394. The summed E-state index contributed by atoms with van der Waals surface area (Å²) in [5, 5.41) is 1.75. The van der Waals surface area contributed by atoms with Crippen molar-refractivity contribution in [1.29, 1.82) is 0 Å². The van der Waals surface area contributed by atoms with Gasteiger partial charge in [-0.3, -0.25) is 4.79 Å². The molecule has 0 heterocycles. The Kier molecular flexibility index (Phi) is 3.62. The van der Waals surface area contributed by atoms with E-state index in [1.54, 1.807) is 0 Å². The van der Waals surface area contributed by atoms with Crippen LogP contribution < -0.4 is 5.32 Å². The highest BCUT2D eigenvalue weighted by atomic mass is 79.9. The van der Waals surface area contributed by atoms with Gasteiger partial charge in [0.05, 0.1) is 16.3 Å². The summed E-state index contributed by atoms with van der Waals surface area (Å²) in [5.41, 5.74) is -1.43. The highest BCUT2D eigenvalue weighted by molar-refractivity contribution is 9.10. The number of hydrogen-bond donors (Lipinski definition) is 1. The molecule has 1 aromatic rings. The van der Waals surface area contributed by atoms with Gasteiger partial charge in [0.25, 0.3) is 0 Å². The SMILES string of the molecule is O=CNc1c(Cl)cc(Br)cc1C(F)(F)F. The van der Waals surface area contributed by atoms with Gasteiger partial charge < -0.3 is 5.32 Å². The molecule has 0 saturated heterocycles. The van der Waals surface area contributed by atoms with Crippen LogP contribution in [0.5, 0.6) is 0 Å². The number of carbonyl (C=O) groups excluding carboxylic acids is 1. The molecule has 1 aromatic carbocycles. The standard InChI is InChI=1S/C8H4BrClF3NO/c9-4-1-5(8(11,12)13)7(14-3-15)6(10)2-4/h1-3H,(H,14,15). The normalized spacial score (nSPS) is 11.3. The third-order valence-electron chi connectivity index (χ3n) is 1.56. The molecule has 15 heavy (non-hydrogen) atoms. The fourth-order valence-electron chi connectivity index (χ4n) is 1.00. The molecule has 0 radical (unpaired) electrons. The van der Waals surface area contributed by atoms with Crippen LogP contribution in [0.4, 0.5) is 18.9 Å². The number of halogens is 5. The molecule has 1 amide bonds. The highest BCUT2D eigenvalue weighted by Crippen LogP contribution is 2.40. The molecule has 0 fully saturated rings. The maximum absolute atomic E-state index is 12.5. The van der Waals surface area contributed by atoms with Crippen LogP contribution in [-0.2, 0) is 11.0 Å². The van der Waals surface area contributed by atoms with E-state index in [0.29, 0.717) is 0 Å². The number of rotatable bonds is 2. The predicted molar refractivity (Wildman–Crippen MR) is 53.8 cm³/mol. The second-order valence-corrected chi connectivity index (χ2v) is 3.89. The van der Waals surface area contributed by atoms with E-state index >= 15 is 0 Å². The molecule has 0 atom stereocenters. The number of nitrogens with one attached hydrogen (secondary N) is 1. The van der Waals surface area contributed by atoms with E-state index in [2.05, 4.69) is 15.9 Å². The van der Waals surface area contributed by atoms with Crippen molar-refractivity contribution in [3.8, 4) is 0 Å². The van der Waals surface area contributed by atoms with Crippen molar-refractivity contribution < 1.29 is 18.0 Å². The molecule has 0 aliphatic rings. The summed E-state index contributed by atoms with van der Waals surface area (Å²) in [7, 11) is 0. The average molecular weight is 302 g/mol. The Balaban J connectivity index is 3.39. The molecule has 0 unspecified atom stereocenters. The molecule has 0 aliphatic heterocycles. The van der Waals surface area contributed by atoms with Crippen LogP contribution in [0.15, 0.2) is 16.6 Å².